The van der Waals surface area contributed by atoms with Crippen LogP contribution in [-0.2, 0) is 10.3 Å². The first kappa shape index (κ1) is 24.1. The summed E-state index contributed by atoms with van der Waals surface area (Å²) in [6.45, 7) is 5.34. The maximum Gasteiger partial charge on any atom is 0.277 e. The summed E-state index contributed by atoms with van der Waals surface area (Å²) in [5.74, 6) is -0.794. The van der Waals surface area contributed by atoms with Crippen LogP contribution in [0.2, 0.25) is 0 Å². The number of fused-ring (bicyclic) bond motifs is 1. The van der Waals surface area contributed by atoms with Gasteiger partial charge in [-0.25, -0.2) is 27.5 Å². The Bertz CT molecular complexity index is 1440. The minimum absolute atomic E-state index is 0.109. The highest BCUT2D eigenvalue weighted by Gasteiger charge is 2.46. The summed E-state index contributed by atoms with van der Waals surface area (Å²) in [7, 11) is 0. The van der Waals surface area contributed by atoms with Gasteiger partial charge in [-0.05, 0) is 33.6 Å². The second-order valence-corrected chi connectivity index (χ2v) is 9.77. The molecule has 7 nitrogen and oxygen atoms in total. The van der Waals surface area contributed by atoms with Gasteiger partial charge in [-0.1, -0.05) is 18.2 Å². The number of rotatable bonds is 7. The Balaban J connectivity index is 1.72. The molecule has 0 bridgehead atoms. The zero-order chi connectivity index (χ0) is 27.4. The smallest absolute Gasteiger partial charge is 0.277 e. The summed E-state index contributed by atoms with van der Waals surface area (Å²) in [4.78, 5) is 24.7. The average molecular weight is 521 g/mol. The number of morpholine rings is 1. The van der Waals surface area contributed by atoms with Crippen LogP contribution in [0.3, 0.4) is 0 Å². The fourth-order valence-electron chi connectivity index (χ4n) is 4.89. The van der Waals surface area contributed by atoms with Crippen molar-refractivity contribution in [1.29, 1.82) is 0 Å². The highest BCUT2D eigenvalue weighted by atomic mass is 19.3. The van der Waals surface area contributed by atoms with Crippen LogP contribution in [0.15, 0.2) is 29.2 Å². The Labute approximate surface area is 212 Å². The molecule has 1 aromatic carbocycles. The van der Waals surface area contributed by atoms with E-state index in [0.717, 1.165) is 6.07 Å². The lowest BCUT2D eigenvalue weighted by atomic mass is 10.0. The molecular formula is C26H29F4N5O2. The summed E-state index contributed by atoms with van der Waals surface area (Å²) in [5, 5.41) is 3.22. The van der Waals surface area contributed by atoms with Crippen molar-refractivity contribution in [3.05, 3.63) is 57.5 Å². The van der Waals surface area contributed by atoms with Gasteiger partial charge >= 0.3 is 0 Å². The molecule has 2 aromatic heterocycles. The third-order valence-corrected chi connectivity index (χ3v) is 7.18. The van der Waals surface area contributed by atoms with Crippen LogP contribution in [0, 0.1) is 12.7 Å². The molecule has 3 heterocycles. The highest BCUT2D eigenvalue weighted by molar-refractivity contribution is 5.97. The lowest BCUT2D eigenvalue weighted by Crippen LogP contribution is -2.47. The maximum absolute atomic E-state index is 15.0. The zero-order valence-electron chi connectivity index (χ0n) is 21.8. The van der Waals surface area contributed by atoms with Gasteiger partial charge in [0.25, 0.3) is 12.0 Å². The average Bonchev–Trinajstić information content (AvgIpc) is 3.65. The Morgan fingerprint density at radius 3 is 2.68 bits per heavy atom. The highest BCUT2D eigenvalue weighted by Crippen LogP contribution is 2.44. The number of anilines is 2. The van der Waals surface area contributed by atoms with E-state index in [1.807, 2.05) is 11.8 Å². The lowest BCUT2D eigenvalue weighted by Gasteiger charge is -2.35. The molecule has 11 heteroatoms. The molecular weight excluding hydrogens is 490 g/mol. The van der Waals surface area contributed by atoms with Crippen LogP contribution in [0.25, 0.3) is 10.9 Å². The van der Waals surface area contributed by atoms with E-state index in [-0.39, 0.29) is 34.5 Å². The van der Waals surface area contributed by atoms with Gasteiger partial charge in [0.2, 0.25) is 0 Å². The summed E-state index contributed by atoms with van der Waals surface area (Å²) in [6.07, 6.45) is -0.576. The van der Waals surface area contributed by atoms with Crippen molar-refractivity contribution in [3.63, 3.8) is 0 Å². The van der Waals surface area contributed by atoms with Crippen molar-refractivity contribution in [1.82, 2.24) is 14.5 Å². The SMILES string of the molecule is [2H][C@](C)(Nc1nc(C)nc2c(N3CCOC[C@@H]3C)c(=O)n(C3(CF)CC3)cc12)c1cccc(C(F)F)c1F. The fourth-order valence-corrected chi connectivity index (χ4v) is 4.89. The predicted molar refractivity (Wildman–Crippen MR) is 133 cm³/mol. The molecule has 1 saturated carbocycles. The Morgan fingerprint density at radius 1 is 1.30 bits per heavy atom. The van der Waals surface area contributed by atoms with Crippen LogP contribution in [-0.4, -0.2) is 47.0 Å². The molecule has 5 rings (SSSR count). The van der Waals surface area contributed by atoms with E-state index < -0.39 is 36.0 Å². The standard InChI is InChI=1S/C26H29F4N5O2/c1-14-12-37-10-9-34(14)22-21-19(11-35(25(22)36)26(13-27)7-8-26)24(33-16(3)32-21)31-15(2)17-5-4-6-18(20(17)28)23(29)30/h4-6,11,14-15,23H,7-10,12-13H2,1-3H3,(H,31,32,33)/t14-,15+/m0/s1/i15D. The molecule has 1 aliphatic heterocycles. The summed E-state index contributed by atoms with van der Waals surface area (Å²) in [6, 6.07) is 1.43. The quantitative estimate of drug-likeness (QED) is 0.441. The van der Waals surface area contributed by atoms with E-state index in [4.69, 9.17) is 6.11 Å². The molecule has 0 amide bonds. The van der Waals surface area contributed by atoms with E-state index in [1.54, 1.807) is 6.92 Å². The summed E-state index contributed by atoms with van der Waals surface area (Å²) >= 11 is 0. The molecule has 2 aliphatic rings. The maximum atomic E-state index is 15.0. The number of hydrogen-bond donors (Lipinski definition) is 1. The normalized spacial score (nSPS) is 21.1. The number of alkyl halides is 3. The molecule has 0 unspecified atom stereocenters. The Kier molecular flexibility index (Phi) is 6.26. The summed E-state index contributed by atoms with van der Waals surface area (Å²) < 4.78 is 71.7. The van der Waals surface area contributed by atoms with Crippen molar-refractivity contribution in [2.75, 3.05) is 36.6 Å². The van der Waals surface area contributed by atoms with E-state index in [2.05, 4.69) is 15.3 Å². The molecule has 198 valence electrons. The van der Waals surface area contributed by atoms with Crippen LogP contribution >= 0.6 is 0 Å². The van der Waals surface area contributed by atoms with E-state index in [9.17, 15) is 18.0 Å². The monoisotopic (exact) mass is 520 g/mol. The third-order valence-electron chi connectivity index (χ3n) is 7.18. The predicted octanol–water partition coefficient (Wildman–Crippen LogP) is 5.03. The van der Waals surface area contributed by atoms with Gasteiger partial charge in [0, 0.05) is 24.3 Å². The first-order valence-electron chi connectivity index (χ1n) is 12.7. The molecule has 0 radical (unpaired) electrons. The fraction of sp³-hybridized carbons (Fsp3) is 0.500. The van der Waals surface area contributed by atoms with Crippen molar-refractivity contribution < 1.29 is 23.7 Å². The number of pyridine rings is 1. The number of nitrogens with zero attached hydrogens (tertiary/aromatic N) is 4. The van der Waals surface area contributed by atoms with Gasteiger partial charge in [-0.3, -0.25) is 4.79 Å². The number of ether oxygens (including phenoxy) is 1. The van der Waals surface area contributed by atoms with Crippen LogP contribution < -0.4 is 15.8 Å². The second kappa shape index (κ2) is 9.59. The van der Waals surface area contributed by atoms with Crippen molar-refractivity contribution in [3.8, 4) is 0 Å². The topological polar surface area (TPSA) is 72.3 Å². The molecule has 0 spiro atoms. The van der Waals surface area contributed by atoms with E-state index in [1.165, 1.54) is 29.8 Å². The molecule has 37 heavy (non-hydrogen) atoms. The molecule has 1 aliphatic carbocycles. The minimum Gasteiger partial charge on any atom is -0.377 e. The van der Waals surface area contributed by atoms with Gasteiger partial charge in [-0.15, -0.1) is 0 Å². The first-order chi connectivity index (χ1) is 18.0. The third kappa shape index (κ3) is 4.43. The lowest BCUT2D eigenvalue weighted by molar-refractivity contribution is 0.0988. The van der Waals surface area contributed by atoms with Crippen molar-refractivity contribution in [2.45, 2.75) is 57.6 Å². The summed E-state index contributed by atoms with van der Waals surface area (Å²) in [5.41, 5.74) is -1.86. The Hall–Kier alpha value is -3.21. The number of aryl methyl sites for hydroxylation is 1. The molecule has 2 atom stereocenters. The van der Waals surface area contributed by atoms with Crippen molar-refractivity contribution in [2.24, 2.45) is 0 Å². The molecule has 3 aromatic rings. The minimum atomic E-state index is -3.05. The number of benzene rings is 1. The number of nitrogens with one attached hydrogen (secondary N) is 1. The van der Waals surface area contributed by atoms with Gasteiger partial charge in [-0.2, -0.15) is 0 Å². The van der Waals surface area contributed by atoms with Crippen LogP contribution in [0.4, 0.5) is 29.1 Å². The Morgan fingerprint density at radius 2 is 2.03 bits per heavy atom. The van der Waals surface area contributed by atoms with Gasteiger partial charge in [0.15, 0.2) is 0 Å². The van der Waals surface area contributed by atoms with Crippen molar-refractivity contribution >= 4 is 22.4 Å². The van der Waals surface area contributed by atoms with Gasteiger partial charge in [0.1, 0.15) is 35.3 Å². The van der Waals surface area contributed by atoms with Crippen LogP contribution in [0.5, 0.6) is 0 Å². The number of halogens is 4. The molecule has 1 N–H and O–H groups in total. The van der Waals surface area contributed by atoms with Gasteiger partial charge in [0.05, 0.1) is 37.1 Å². The second-order valence-electron chi connectivity index (χ2n) is 9.77. The molecule has 2 fully saturated rings. The largest absolute Gasteiger partial charge is 0.377 e. The van der Waals surface area contributed by atoms with Crippen LogP contribution in [0.1, 0.15) is 57.5 Å². The number of aromatic nitrogens is 3. The van der Waals surface area contributed by atoms with Gasteiger partial charge < -0.3 is 19.5 Å². The number of hydrogen-bond acceptors (Lipinski definition) is 6. The zero-order valence-corrected chi connectivity index (χ0v) is 20.8. The first-order valence-corrected chi connectivity index (χ1v) is 12.2. The molecule has 1 saturated heterocycles. The van der Waals surface area contributed by atoms with E-state index >= 15 is 4.39 Å². The van der Waals surface area contributed by atoms with E-state index in [0.29, 0.717) is 43.5 Å².